The third kappa shape index (κ3) is 4.48. The molecule has 3 aromatic rings. The molecule has 0 radical (unpaired) electrons. The fourth-order valence-electron chi connectivity index (χ4n) is 2.05. The molecule has 1 aromatic heterocycles. The summed E-state index contributed by atoms with van der Waals surface area (Å²) < 4.78 is 11.1. The summed E-state index contributed by atoms with van der Waals surface area (Å²) in [7, 11) is 0. The summed E-state index contributed by atoms with van der Waals surface area (Å²) in [5.74, 6) is 0.877. The van der Waals surface area contributed by atoms with Crippen molar-refractivity contribution in [2.45, 2.75) is 6.61 Å². The Hall–Kier alpha value is -2.14. The summed E-state index contributed by atoms with van der Waals surface area (Å²) in [5, 5.41) is 3.92. The molecule has 0 aliphatic rings. The normalized spacial score (nSPS) is 10.5. The molecule has 1 heterocycles. The number of amides is 1. The molecule has 0 atom stereocenters. The lowest BCUT2D eigenvalue weighted by molar-refractivity contribution is 0.0992. The SMILES string of the molecule is O=C(Nc1cccc(Cl)c1Cl)c1ccc(COc2ccc(Cl)cc2)o1. The number of hydrogen-bond donors (Lipinski definition) is 1. The largest absolute Gasteiger partial charge is 0.486 e. The fourth-order valence-corrected chi connectivity index (χ4v) is 2.52. The molecule has 4 nitrogen and oxygen atoms in total. The highest BCUT2D eigenvalue weighted by atomic mass is 35.5. The number of furan rings is 1. The van der Waals surface area contributed by atoms with Crippen molar-refractivity contribution in [3.63, 3.8) is 0 Å². The molecule has 0 aliphatic carbocycles. The molecule has 0 saturated heterocycles. The van der Waals surface area contributed by atoms with E-state index in [4.69, 9.17) is 44.0 Å². The van der Waals surface area contributed by atoms with E-state index < -0.39 is 5.91 Å². The third-order valence-electron chi connectivity index (χ3n) is 3.28. The molecule has 0 fully saturated rings. The van der Waals surface area contributed by atoms with Crippen LogP contribution in [0.5, 0.6) is 5.75 Å². The predicted molar refractivity (Wildman–Crippen MR) is 98.9 cm³/mol. The smallest absolute Gasteiger partial charge is 0.291 e. The van der Waals surface area contributed by atoms with Crippen LogP contribution in [0.2, 0.25) is 15.1 Å². The molecule has 0 spiro atoms. The predicted octanol–water partition coefficient (Wildman–Crippen LogP) is 6.07. The molecule has 0 unspecified atom stereocenters. The maximum absolute atomic E-state index is 12.2. The molecule has 7 heteroatoms. The van der Waals surface area contributed by atoms with E-state index in [-0.39, 0.29) is 17.4 Å². The zero-order valence-corrected chi connectivity index (χ0v) is 15.0. The van der Waals surface area contributed by atoms with Gasteiger partial charge in [0.25, 0.3) is 5.91 Å². The van der Waals surface area contributed by atoms with Crippen molar-refractivity contribution >= 4 is 46.4 Å². The summed E-state index contributed by atoms with van der Waals surface area (Å²) in [4.78, 5) is 12.2. The first-order valence-electron chi connectivity index (χ1n) is 7.25. The number of hydrogen-bond acceptors (Lipinski definition) is 3. The van der Waals surface area contributed by atoms with E-state index in [1.54, 1.807) is 54.6 Å². The zero-order valence-electron chi connectivity index (χ0n) is 12.8. The Kier molecular flexibility index (Phi) is 5.53. The standard InChI is InChI=1S/C18H12Cl3NO3/c19-11-4-6-12(7-5-11)24-10-13-8-9-16(25-13)18(23)22-15-3-1-2-14(20)17(15)21/h1-9H,10H2,(H,22,23). The van der Waals surface area contributed by atoms with Crippen molar-refractivity contribution in [2.24, 2.45) is 0 Å². The minimum Gasteiger partial charge on any atom is -0.486 e. The Morgan fingerprint density at radius 2 is 1.76 bits per heavy atom. The molecule has 1 N–H and O–H groups in total. The van der Waals surface area contributed by atoms with Crippen LogP contribution in [0.3, 0.4) is 0 Å². The number of anilines is 1. The number of carbonyl (C=O) groups is 1. The van der Waals surface area contributed by atoms with Gasteiger partial charge in [0.05, 0.1) is 15.7 Å². The van der Waals surface area contributed by atoms with Crippen molar-refractivity contribution in [2.75, 3.05) is 5.32 Å². The lowest BCUT2D eigenvalue weighted by atomic mass is 10.3. The molecule has 0 saturated carbocycles. The van der Waals surface area contributed by atoms with E-state index in [2.05, 4.69) is 5.32 Å². The van der Waals surface area contributed by atoms with Gasteiger partial charge < -0.3 is 14.5 Å². The highest BCUT2D eigenvalue weighted by Crippen LogP contribution is 2.30. The van der Waals surface area contributed by atoms with Crippen LogP contribution in [0.15, 0.2) is 59.0 Å². The number of halogens is 3. The average Bonchev–Trinajstić information content (AvgIpc) is 3.08. The van der Waals surface area contributed by atoms with Gasteiger partial charge >= 0.3 is 0 Å². The second-order valence-corrected chi connectivity index (χ2v) is 6.29. The number of rotatable bonds is 5. The second-order valence-electron chi connectivity index (χ2n) is 5.06. The van der Waals surface area contributed by atoms with Crippen molar-refractivity contribution in [1.82, 2.24) is 0 Å². The van der Waals surface area contributed by atoms with Gasteiger partial charge in [-0.15, -0.1) is 0 Å². The van der Waals surface area contributed by atoms with Gasteiger partial charge in [-0.05, 0) is 48.5 Å². The molecule has 0 bridgehead atoms. The topological polar surface area (TPSA) is 51.5 Å². The van der Waals surface area contributed by atoms with Crippen molar-refractivity contribution < 1.29 is 13.9 Å². The molecule has 25 heavy (non-hydrogen) atoms. The van der Waals surface area contributed by atoms with Gasteiger partial charge in [0.15, 0.2) is 5.76 Å². The Balaban J connectivity index is 1.63. The molecule has 2 aromatic carbocycles. The molecule has 0 aliphatic heterocycles. The van der Waals surface area contributed by atoms with Gasteiger partial charge in [-0.25, -0.2) is 0 Å². The number of carbonyl (C=O) groups excluding carboxylic acids is 1. The molecular weight excluding hydrogens is 385 g/mol. The van der Waals surface area contributed by atoms with Gasteiger partial charge in [-0.3, -0.25) is 4.79 Å². The number of ether oxygens (including phenoxy) is 1. The first-order chi connectivity index (χ1) is 12.0. The molecule has 128 valence electrons. The maximum atomic E-state index is 12.2. The summed E-state index contributed by atoms with van der Waals surface area (Å²) in [6.07, 6.45) is 0. The summed E-state index contributed by atoms with van der Waals surface area (Å²) in [6.45, 7) is 0.187. The Labute approximate surface area is 159 Å². The van der Waals surface area contributed by atoms with Crippen LogP contribution in [-0.4, -0.2) is 5.91 Å². The van der Waals surface area contributed by atoms with Crippen LogP contribution in [0, 0.1) is 0 Å². The molecule has 1 amide bonds. The average molecular weight is 397 g/mol. The van der Waals surface area contributed by atoms with Gasteiger partial charge in [0, 0.05) is 5.02 Å². The Morgan fingerprint density at radius 3 is 2.52 bits per heavy atom. The first-order valence-corrected chi connectivity index (χ1v) is 8.39. The van der Waals surface area contributed by atoms with Crippen LogP contribution >= 0.6 is 34.8 Å². The summed E-state index contributed by atoms with van der Waals surface area (Å²) in [6, 6.07) is 15.2. The highest BCUT2D eigenvalue weighted by molar-refractivity contribution is 6.44. The van der Waals surface area contributed by atoms with Crippen LogP contribution in [0.1, 0.15) is 16.3 Å². The van der Waals surface area contributed by atoms with Gasteiger partial charge in [0.2, 0.25) is 0 Å². The number of nitrogens with one attached hydrogen (secondary N) is 1. The van der Waals surface area contributed by atoms with E-state index in [1.807, 2.05) is 0 Å². The van der Waals surface area contributed by atoms with Crippen LogP contribution < -0.4 is 10.1 Å². The van der Waals surface area contributed by atoms with E-state index in [0.29, 0.717) is 27.2 Å². The van der Waals surface area contributed by atoms with Crippen molar-refractivity contribution in [1.29, 1.82) is 0 Å². The van der Waals surface area contributed by atoms with E-state index in [1.165, 1.54) is 0 Å². The van der Waals surface area contributed by atoms with E-state index >= 15 is 0 Å². The quantitative estimate of drug-likeness (QED) is 0.569. The third-order valence-corrected chi connectivity index (χ3v) is 4.35. The lowest BCUT2D eigenvalue weighted by Crippen LogP contribution is -2.11. The first kappa shape index (κ1) is 17.7. The van der Waals surface area contributed by atoms with E-state index in [9.17, 15) is 4.79 Å². The lowest BCUT2D eigenvalue weighted by Gasteiger charge is -2.06. The highest BCUT2D eigenvalue weighted by Gasteiger charge is 2.14. The van der Waals surface area contributed by atoms with Crippen molar-refractivity contribution in [3.8, 4) is 5.75 Å². The Bertz CT molecular complexity index is 891. The minimum atomic E-state index is -0.429. The Morgan fingerprint density at radius 1 is 1.00 bits per heavy atom. The summed E-state index contributed by atoms with van der Waals surface area (Å²) in [5.41, 5.74) is 0.412. The monoisotopic (exact) mass is 395 g/mol. The zero-order chi connectivity index (χ0) is 17.8. The van der Waals surface area contributed by atoms with E-state index in [0.717, 1.165) is 0 Å². The van der Waals surface area contributed by atoms with Gasteiger partial charge in [-0.2, -0.15) is 0 Å². The summed E-state index contributed by atoms with van der Waals surface area (Å²) >= 11 is 17.8. The van der Waals surface area contributed by atoms with Crippen LogP contribution in [0.25, 0.3) is 0 Å². The van der Waals surface area contributed by atoms with Crippen LogP contribution in [-0.2, 0) is 6.61 Å². The van der Waals surface area contributed by atoms with Crippen LogP contribution in [0.4, 0.5) is 5.69 Å². The van der Waals surface area contributed by atoms with Gasteiger partial charge in [-0.1, -0.05) is 40.9 Å². The number of benzene rings is 2. The maximum Gasteiger partial charge on any atom is 0.291 e. The molecular formula is C18H12Cl3NO3. The minimum absolute atomic E-state index is 0.144. The van der Waals surface area contributed by atoms with Gasteiger partial charge in [0.1, 0.15) is 18.1 Å². The fraction of sp³-hybridized carbons (Fsp3) is 0.0556. The molecule has 3 rings (SSSR count). The second kappa shape index (κ2) is 7.83. The van der Waals surface area contributed by atoms with Crippen molar-refractivity contribution in [3.05, 3.63) is 81.2 Å².